The number of aromatic nitrogens is 4. The minimum atomic E-state index is 0.713. The lowest BCUT2D eigenvalue weighted by molar-refractivity contribution is 0.110. The Hall–Kier alpha value is -3.18. The molecule has 1 aliphatic heterocycles. The van der Waals surface area contributed by atoms with Crippen molar-refractivity contribution in [1.82, 2.24) is 19.9 Å². The minimum absolute atomic E-state index is 0.713. The molecule has 2 aromatic carbocycles. The van der Waals surface area contributed by atoms with Crippen molar-refractivity contribution in [2.45, 2.75) is 68.6 Å². The molecule has 5 nitrogen and oxygen atoms in total. The molecular weight excluding hydrogens is 408 g/mol. The number of rotatable bonds is 0. The van der Waals surface area contributed by atoms with Crippen molar-refractivity contribution < 1.29 is 4.74 Å². The molecule has 5 heteroatoms. The maximum atomic E-state index is 5.65. The fourth-order valence-electron chi connectivity index (χ4n) is 3.18. The highest BCUT2D eigenvalue weighted by Gasteiger charge is 2.12. The van der Waals surface area contributed by atoms with Gasteiger partial charge in [0.15, 0.2) is 0 Å². The summed E-state index contributed by atoms with van der Waals surface area (Å²) in [6, 6.07) is 16.9. The number of imidazole rings is 2. The number of hydrogen-bond acceptors (Lipinski definition) is 3. The Kier molecular flexibility index (Phi) is 13.2. The van der Waals surface area contributed by atoms with Gasteiger partial charge in [-0.2, -0.15) is 0 Å². The van der Waals surface area contributed by atoms with Gasteiger partial charge in [0.2, 0.25) is 0 Å². The summed E-state index contributed by atoms with van der Waals surface area (Å²) < 4.78 is 5.65. The molecule has 178 valence electrons. The molecular formula is C28H40N4O. The summed E-state index contributed by atoms with van der Waals surface area (Å²) >= 11 is 0. The predicted molar refractivity (Wildman–Crippen MR) is 139 cm³/mol. The zero-order chi connectivity index (χ0) is 24.6. The number of benzene rings is 2. The summed E-state index contributed by atoms with van der Waals surface area (Å²) in [5.74, 6) is 1.97. The number of nitrogens with one attached hydrogen (secondary N) is 2. The first-order valence-electron chi connectivity index (χ1n) is 11.7. The molecule has 3 heterocycles. The van der Waals surface area contributed by atoms with Crippen LogP contribution in [0.3, 0.4) is 0 Å². The van der Waals surface area contributed by atoms with Crippen LogP contribution in [0, 0.1) is 27.7 Å². The third-order valence-corrected chi connectivity index (χ3v) is 4.50. The van der Waals surface area contributed by atoms with Gasteiger partial charge in [-0.15, -0.1) is 0 Å². The summed E-state index contributed by atoms with van der Waals surface area (Å²) in [7, 11) is 0. The number of ether oxygens (including phenoxy) is 1. The highest BCUT2D eigenvalue weighted by molar-refractivity contribution is 5.71. The van der Waals surface area contributed by atoms with Gasteiger partial charge < -0.3 is 14.7 Å². The average Bonchev–Trinajstić information content (AvgIpc) is 3.36. The second-order valence-corrected chi connectivity index (χ2v) is 7.11. The van der Waals surface area contributed by atoms with Crippen LogP contribution in [0.2, 0.25) is 0 Å². The van der Waals surface area contributed by atoms with E-state index in [1.165, 1.54) is 22.3 Å². The van der Waals surface area contributed by atoms with Crippen LogP contribution in [0.4, 0.5) is 0 Å². The summed E-state index contributed by atoms with van der Waals surface area (Å²) in [6.07, 6.45) is 3.63. The van der Waals surface area contributed by atoms with Crippen LogP contribution in [0.5, 0.6) is 0 Å². The minimum Gasteiger partial charge on any atom is -0.372 e. The number of aromatic amines is 2. The molecule has 0 atom stereocenters. The van der Waals surface area contributed by atoms with Gasteiger partial charge in [-0.1, -0.05) is 76.2 Å². The normalized spacial score (nSPS) is 10.7. The summed E-state index contributed by atoms with van der Waals surface area (Å²) in [4.78, 5) is 14.0. The van der Waals surface area contributed by atoms with Crippen molar-refractivity contribution in [1.29, 1.82) is 0 Å². The molecule has 2 N–H and O–H groups in total. The van der Waals surface area contributed by atoms with E-state index in [4.69, 9.17) is 4.74 Å². The molecule has 0 saturated heterocycles. The first-order chi connectivity index (χ1) is 16.0. The monoisotopic (exact) mass is 448 g/mol. The Balaban J connectivity index is 0.000000255. The van der Waals surface area contributed by atoms with Gasteiger partial charge in [0.1, 0.15) is 11.6 Å². The lowest BCUT2D eigenvalue weighted by Gasteiger charge is -2.06. The van der Waals surface area contributed by atoms with Gasteiger partial charge in [-0.05, 0) is 49.9 Å². The lowest BCUT2D eigenvalue weighted by Crippen LogP contribution is -1.89. The molecule has 2 aromatic heterocycles. The van der Waals surface area contributed by atoms with Crippen LogP contribution in [0.15, 0.2) is 60.9 Å². The van der Waals surface area contributed by atoms with Gasteiger partial charge in [0, 0.05) is 23.8 Å². The summed E-state index contributed by atoms with van der Waals surface area (Å²) in [5, 5.41) is 0. The third-order valence-electron chi connectivity index (χ3n) is 4.50. The van der Waals surface area contributed by atoms with Crippen molar-refractivity contribution in [3.63, 3.8) is 0 Å². The largest absolute Gasteiger partial charge is 0.372 e. The highest BCUT2D eigenvalue weighted by Crippen LogP contribution is 2.30. The molecule has 0 fully saturated rings. The molecule has 0 bridgehead atoms. The SMILES string of the molecule is CC.CC.Cc1cnc(C)[nH]1.Cc1cnc(C)[nH]1.c1ccc2c(c1)COCc1ccccc1-2. The molecule has 4 aromatic rings. The van der Waals surface area contributed by atoms with Crippen molar-refractivity contribution >= 4 is 0 Å². The number of nitrogens with zero attached hydrogens (tertiary/aromatic N) is 2. The number of hydrogen-bond donors (Lipinski definition) is 2. The van der Waals surface area contributed by atoms with E-state index in [0.29, 0.717) is 13.2 Å². The second-order valence-electron chi connectivity index (χ2n) is 7.11. The van der Waals surface area contributed by atoms with Crippen LogP contribution >= 0.6 is 0 Å². The van der Waals surface area contributed by atoms with Gasteiger partial charge in [-0.3, -0.25) is 0 Å². The van der Waals surface area contributed by atoms with E-state index in [1.807, 2.05) is 67.8 Å². The third kappa shape index (κ3) is 9.46. The standard InChI is InChI=1S/C14H12O.2C5H8N2.2C2H6/c1-3-7-13-11(5-1)9-15-10-12-6-2-4-8-14(12)13;2*1-4-3-6-5(2)7-4;2*1-2/h1-8H,9-10H2;2*3H,1-2H3,(H,6,7);2*1-2H3. The molecule has 0 spiro atoms. The Morgan fingerprint density at radius 1 is 0.606 bits per heavy atom. The molecule has 0 radical (unpaired) electrons. The van der Waals surface area contributed by atoms with E-state index in [9.17, 15) is 0 Å². The summed E-state index contributed by atoms with van der Waals surface area (Å²) in [6.45, 7) is 17.3. The van der Waals surface area contributed by atoms with Crippen LogP contribution in [0.1, 0.15) is 61.9 Å². The Morgan fingerprint density at radius 3 is 1.24 bits per heavy atom. The molecule has 0 unspecified atom stereocenters. The smallest absolute Gasteiger partial charge is 0.103 e. The van der Waals surface area contributed by atoms with Crippen molar-refractivity contribution in [2.24, 2.45) is 0 Å². The van der Waals surface area contributed by atoms with Crippen LogP contribution in [-0.2, 0) is 18.0 Å². The van der Waals surface area contributed by atoms with Crippen LogP contribution in [0.25, 0.3) is 11.1 Å². The zero-order valence-electron chi connectivity index (χ0n) is 21.5. The van der Waals surface area contributed by atoms with E-state index in [2.05, 4.69) is 68.5 Å². The molecule has 33 heavy (non-hydrogen) atoms. The Labute approximate surface area is 199 Å². The quantitative estimate of drug-likeness (QED) is 0.293. The fourth-order valence-corrected chi connectivity index (χ4v) is 3.18. The van der Waals surface area contributed by atoms with E-state index in [1.54, 1.807) is 0 Å². The Bertz CT molecular complexity index is 933. The topological polar surface area (TPSA) is 66.6 Å². The van der Waals surface area contributed by atoms with Crippen molar-refractivity contribution in [3.8, 4) is 11.1 Å². The van der Waals surface area contributed by atoms with E-state index in [-0.39, 0.29) is 0 Å². The Morgan fingerprint density at radius 2 is 0.970 bits per heavy atom. The maximum absolute atomic E-state index is 5.65. The number of aryl methyl sites for hydroxylation is 4. The first-order valence-corrected chi connectivity index (χ1v) is 11.7. The molecule has 0 aliphatic carbocycles. The summed E-state index contributed by atoms with van der Waals surface area (Å²) in [5.41, 5.74) is 7.43. The fraction of sp³-hybridized carbons (Fsp3) is 0.357. The predicted octanol–water partition coefficient (Wildman–Crippen LogP) is 7.49. The van der Waals surface area contributed by atoms with Gasteiger partial charge in [0.05, 0.1) is 13.2 Å². The van der Waals surface area contributed by atoms with Crippen LogP contribution < -0.4 is 0 Å². The van der Waals surface area contributed by atoms with Gasteiger partial charge in [-0.25, -0.2) is 9.97 Å². The number of fused-ring (bicyclic) bond motifs is 3. The van der Waals surface area contributed by atoms with Gasteiger partial charge >= 0.3 is 0 Å². The molecule has 1 aliphatic rings. The maximum Gasteiger partial charge on any atom is 0.103 e. The molecule has 0 saturated carbocycles. The zero-order valence-corrected chi connectivity index (χ0v) is 21.5. The van der Waals surface area contributed by atoms with E-state index < -0.39 is 0 Å². The second kappa shape index (κ2) is 15.6. The van der Waals surface area contributed by atoms with Crippen molar-refractivity contribution in [2.75, 3.05) is 0 Å². The highest BCUT2D eigenvalue weighted by atomic mass is 16.5. The number of H-pyrrole nitrogens is 2. The van der Waals surface area contributed by atoms with E-state index in [0.717, 1.165) is 23.0 Å². The van der Waals surface area contributed by atoms with Crippen molar-refractivity contribution in [3.05, 3.63) is 95.1 Å². The van der Waals surface area contributed by atoms with E-state index >= 15 is 0 Å². The molecule has 5 rings (SSSR count). The van der Waals surface area contributed by atoms with Gasteiger partial charge in [0.25, 0.3) is 0 Å². The van der Waals surface area contributed by atoms with Crippen LogP contribution in [-0.4, -0.2) is 19.9 Å². The first kappa shape index (κ1) is 27.9. The lowest BCUT2D eigenvalue weighted by atomic mass is 9.97. The average molecular weight is 449 g/mol. The molecule has 0 amide bonds.